The molecule has 1 aliphatic rings. The Balaban J connectivity index is 2.02. The summed E-state index contributed by atoms with van der Waals surface area (Å²) in [7, 11) is 0. The van der Waals surface area contributed by atoms with Gasteiger partial charge in [0.2, 0.25) is 5.91 Å². The Labute approximate surface area is 95.0 Å². The van der Waals surface area contributed by atoms with E-state index in [1.54, 1.807) is 6.07 Å². The molecule has 1 saturated heterocycles. The Bertz CT molecular complexity index is 373. The van der Waals surface area contributed by atoms with Gasteiger partial charge in [-0.3, -0.25) is 9.69 Å². The maximum absolute atomic E-state index is 11.0. The lowest BCUT2D eigenvalue weighted by Gasteiger charge is -2.26. The van der Waals surface area contributed by atoms with E-state index in [-0.39, 0.29) is 0 Å². The first-order valence-electron chi connectivity index (χ1n) is 5.35. The van der Waals surface area contributed by atoms with Gasteiger partial charge in [-0.25, -0.2) is 0 Å². The van der Waals surface area contributed by atoms with Crippen molar-refractivity contribution >= 4 is 5.91 Å². The van der Waals surface area contributed by atoms with Crippen LogP contribution in [0.5, 0.6) is 0 Å². The summed E-state index contributed by atoms with van der Waals surface area (Å²) >= 11 is 0. The Kier molecular flexibility index (Phi) is 3.54. The molecule has 0 bridgehead atoms. The van der Waals surface area contributed by atoms with Crippen molar-refractivity contribution < 1.29 is 9.53 Å². The van der Waals surface area contributed by atoms with Crippen LogP contribution >= 0.6 is 0 Å². The van der Waals surface area contributed by atoms with Crippen LogP contribution in [0, 0.1) is 6.07 Å². The lowest BCUT2D eigenvalue weighted by Crippen LogP contribution is -2.35. The molecule has 4 nitrogen and oxygen atoms in total. The van der Waals surface area contributed by atoms with E-state index in [0.717, 1.165) is 38.4 Å². The van der Waals surface area contributed by atoms with E-state index in [9.17, 15) is 4.79 Å². The van der Waals surface area contributed by atoms with E-state index in [0.29, 0.717) is 5.56 Å². The first-order chi connectivity index (χ1) is 7.75. The van der Waals surface area contributed by atoms with Crippen LogP contribution in [-0.4, -0.2) is 37.1 Å². The highest BCUT2D eigenvalue weighted by atomic mass is 16.5. The minimum absolute atomic E-state index is 0.403. The monoisotopic (exact) mass is 219 g/mol. The highest BCUT2D eigenvalue weighted by Gasteiger charge is 2.11. The van der Waals surface area contributed by atoms with Gasteiger partial charge in [-0.15, -0.1) is 0 Å². The molecule has 1 heterocycles. The second kappa shape index (κ2) is 5.09. The highest BCUT2D eigenvalue weighted by Crippen LogP contribution is 2.09. The second-order valence-electron chi connectivity index (χ2n) is 3.88. The fourth-order valence-corrected chi connectivity index (χ4v) is 1.77. The number of benzene rings is 1. The van der Waals surface area contributed by atoms with Gasteiger partial charge in [0, 0.05) is 25.2 Å². The van der Waals surface area contributed by atoms with Gasteiger partial charge in [0.25, 0.3) is 0 Å². The molecule has 1 fully saturated rings. The zero-order valence-electron chi connectivity index (χ0n) is 9.11. The number of amides is 1. The Morgan fingerprint density at radius 3 is 2.88 bits per heavy atom. The van der Waals surface area contributed by atoms with Gasteiger partial charge in [-0.05, 0) is 29.8 Å². The van der Waals surface area contributed by atoms with E-state index in [4.69, 9.17) is 10.5 Å². The fraction of sp³-hybridized carbons (Fsp3) is 0.417. The predicted octanol–water partition coefficient (Wildman–Crippen LogP) is 0.418. The molecule has 1 radical (unpaired) electrons. The molecular weight excluding hydrogens is 204 g/mol. The first kappa shape index (κ1) is 11.1. The minimum Gasteiger partial charge on any atom is -0.379 e. The summed E-state index contributed by atoms with van der Waals surface area (Å²) in [5.74, 6) is -0.403. The van der Waals surface area contributed by atoms with Gasteiger partial charge >= 0.3 is 0 Å². The highest BCUT2D eigenvalue weighted by molar-refractivity contribution is 5.92. The standard InChI is InChI=1S/C12H15N2O2/c13-12(15)11-3-1-2-10(8-11)9-14-4-6-16-7-5-14/h2-3,8H,4-7,9H2,(H2,13,15). The maximum atomic E-state index is 11.0. The van der Waals surface area contributed by atoms with Crippen LogP contribution in [0.1, 0.15) is 15.9 Å². The zero-order valence-corrected chi connectivity index (χ0v) is 9.11. The number of hydrogen-bond acceptors (Lipinski definition) is 3. The molecule has 4 heteroatoms. The third-order valence-electron chi connectivity index (χ3n) is 2.64. The summed E-state index contributed by atoms with van der Waals surface area (Å²) < 4.78 is 5.28. The van der Waals surface area contributed by atoms with Gasteiger partial charge < -0.3 is 10.5 Å². The van der Waals surface area contributed by atoms with E-state index in [2.05, 4.69) is 11.0 Å². The van der Waals surface area contributed by atoms with E-state index in [1.165, 1.54) is 0 Å². The molecular formula is C12H15N2O2. The molecule has 85 valence electrons. The van der Waals surface area contributed by atoms with Gasteiger partial charge in [0.1, 0.15) is 0 Å². The van der Waals surface area contributed by atoms with Crippen LogP contribution in [0.15, 0.2) is 18.2 Å². The number of primary amides is 1. The van der Waals surface area contributed by atoms with Crippen LogP contribution in [-0.2, 0) is 11.3 Å². The van der Waals surface area contributed by atoms with Crippen molar-refractivity contribution in [3.63, 3.8) is 0 Å². The van der Waals surface area contributed by atoms with Gasteiger partial charge in [-0.1, -0.05) is 0 Å². The van der Waals surface area contributed by atoms with Crippen LogP contribution in [0.3, 0.4) is 0 Å². The fourth-order valence-electron chi connectivity index (χ4n) is 1.77. The molecule has 1 aromatic carbocycles. The number of nitrogens with zero attached hydrogens (tertiary/aromatic N) is 1. The van der Waals surface area contributed by atoms with Crippen molar-refractivity contribution in [3.8, 4) is 0 Å². The number of carbonyl (C=O) groups is 1. The SMILES string of the molecule is NC(=O)c1c[c]cc(CN2CCOCC2)c1. The van der Waals surface area contributed by atoms with Crippen molar-refractivity contribution in [1.29, 1.82) is 0 Å². The van der Waals surface area contributed by atoms with Crippen LogP contribution < -0.4 is 5.73 Å². The molecule has 0 unspecified atom stereocenters. The Morgan fingerprint density at radius 2 is 2.19 bits per heavy atom. The molecule has 0 saturated carbocycles. The normalized spacial score (nSPS) is 17.2. The molecule has 1 aliphatic heterocycles. The molecule has 1 amide bonds. The minimum atomic E-state index is -0.403. The number of nitrogens with two attached hydrogens (primary N) is 1. The summed E-state index contributed by atoms with van der Waals surface area (Å²) in [6, 6.07) is 8.28. The summed E-state index contributed by atoms with van der Waals surface area (Å²) in [5, 5.41) is 0. The number of morpholine rings is 1. The molecule has 0 aromatic heterocycles. The molecule has 16 heavy (non-hydrogen) atoms. The average Bonchev–Trinajstić information content (AvgIpc) is 2.30. The smallest absolute Gasteiger partial charge is 0.248 e. The number of hydrogen-bond donors (Lipinski definition) is 1. The maximum Gasteiger partial charge on any atom is 0.248 e. The van der Waals surface area contributed by atoms with Crippen molar-refractivity contribution in [3.05, 3.63) is 35.4 Å². The quantitative estimate of drug-likeness (QED) is 0.801. The van der Waals surface area contributed by atoms with E-state index in [1.807, 2.05) is 12.1 Å². The average molecular weight is 219 g/mol. The number of rotatable bonds is 3. The summed E-state index contributed by atoms with van der Waals surface area (Å²) in [4.78, 5) is 13.3. The largest absolute Gasteiger partial charge is 0.379 e. The second-order valence-corrected chi connectivity index (χ2v) is 3.88. The molecule has 2 rings (SSSR count). The van der Waals surface area contributed by atoms with Gasteiger partial charge in [0.05, 0.1) is 13.2 Å². The van der Waals surface area contributed by atoms with Crippen molar-refractivity contribution in [1.82, 2.24) is 4.90 Å². The van der Waals surface area contributed by atoms with E-state index < -0.39 is 5.91 Å². The number of carbonyl (C=O) groups excluding carboxylic acids is 1. The summed E-state index contributed by atoms with van der Waals surface area (Å²) in [6.07, 6.45) is 0. The molecule has 1 aromatic rings. The summed E-state index contributed by atoms with van der Waals surface area (Å²) in [5.41, 5.74) is 6.81. The summed E-state index contributed by atoms with van der Waals surface area (Å²) in [6.45, 7) is 4.24. The molecule has 0 spiro atoms. The van der Waals surface area contributed by atoms with Crippen LogP contribution in [0.2, 0.25) is 0 Å². The van der Waals surface area contributed by atoms with Crippen molar-refractivity contribution in [2.24, 2.45) is 5.73 Å². The topological polar surface area (TPSA) is 55.6 Å². The molecule has 2 N–H and O–H groups in total. The third kappa shape index (κ3) is 2.81. The third-order valence-corrected chi connectivity index (χ3v) is 2.64. The number of ether oxygens (including phenoxy) is 1. The first-order valence-corrected chi connectivity index (χ1v) is 5.35. The van der Waals surface area contributed by atoms with Crippen molar-refractivity contribution in [2.75, 3.05) is 26.3 Å². The zero-order chi connectivity index (χ0) is 11.4. The predicted molar refractivity (Wildman–Crippen MR) is 59.9 cm³/mol. The van der Waals surface area contributed by atoms with E-state index >= 15 is 0 Å². The lowest BCUT2D eigenvalue weighted by atomic mass is 10.1. The van der Waals surface area contributed by atoms with Crippen LogP contribution in [0.4, 0.5) is 0 Å². The lowest BCUT2D eigenvalue weighted by molar-refractivity contribution is 0.0342. The Morgan fingerprint density at radius 1 is 1.44 bits per heavy atom. The molecule has 0 atom stereocenters. The van der Waals surface area contributed by atoms with Gasteiger partial charge in [-0.2, -0.15) is 0 Å². The van der Waals surface area contributed by atoms with Crippen LogP contribution in [0.25, 0.3) is 0 Å². The molecule has 0 aliphatic carbocycles. The van der Waals surface area contributed by atoms with Gasteiger partial charge in [0.15, 0.2) is 0 Å². The Hall–Kier alpha value is -1.39. The van der Waals surface area contributed by atoms with Crippen molar-refractivity contribution in [2.45, 2.75) is 6.54 Å².